The lowest BCUT2D eigenvalue weighted by molar-refractivity contribution is -0.509. The van der Waals surface area contributed by atoms with E-state index in [2.05, 4.69) is 6.92 Å². The van der Waals surface area contributed by atoms with Crippen LogP contribution >= 0.6 is 0 Å². The van der Waals surface area contributed by atoms with Crippen molar-refractivity contribution >= 4 is 0 Å². The molecule has 0 saturated heterocycles. The molecule has 1 unspecified atom stereocenters. The van der Waals surface area contributed by atoms with Gasteiger partial charge in [-0.05, 0) is 5.56 Å². The van der Waals surface area contributed by atoms with E-state index >= 15 is 0 Å². The monoisotopic (exact) mass is 164 g/mol. The van der Waals surface area contributed by atoms with E-state index in [-0.39, 0.29) is 4.92 Å². The van der Waals surface area contributed by atoms with Gasteiger partial charge in [0.25, 0.3) is 0 Å². The molecule has 1 radical (unpaired) electrons. The average Bonchev–Trinajstić information content (AvgIpc) is 2.06. The molecule has 1 aromatic carbocycles. The molecule has 0 aromatic heterocycles. The zero-order valence-electron chi connectivity index (χ0n) is 6.64. The van der Waals surface area contributed by atoms with Crippen molar-refractivity contribution in [1.29, 1.82) is 0 Å². The van der Waals surface area contributed by atoms with Gasteiger partial charge in [-0.3, -0.25) is 10.1 Å². The molecule has 0 aliphatic rings. The van der Waals surface area contributed by atoms with E-state index in [1.54, 1.807) is 0 Å². The molecule has 0 aliphatic carbocycles. The van der Waals surface area contributed by atoms with Crippen molar-refractivity contribution in [2.45, 2.75) is 12.5 Å². The first-order valence-corrected chi connectivity index (χ1v) is 3.70. The second kappa shape index (κ2) is 3.85. The first-order chi connectivity index (χ1) is 5.70. The molecule has 1 rings (SSSR count). The van der Waals surface area contributed by atoms with Gasteiger partial charge < -0.3 is 0 Å². The van der Waals surface area contributed by atoms with E-state index in [9.17, 15) is 10.1 Å². The molecule has 0 heterocycles. The van der Waals surface area contributed by atoms with E-state index in [1.807, 2.05) is 30.3 Å². The minimum absolute atomic E-state index is 0.368. The second-order valence-corrected chi connectivity index (χ2v) is 2.63. The molecule has 12 heavy (non-hydrogen) atoms. The molecule has 1 aromatic rings. The largest absolute Gasteiger partial charge is 0.264 e. The maximum Gasteiger partial charge on any atom is 0.217 e. The van der Waals surface area contributed by atoms with Crippen molar-refractivity contribution < 1.29 is 4.92 Å². The van der Waals surface area contributed by atoms with Crippen molar-refractivity contribution in [1.82, 2.24) is 0 Å². The number of hydrogen-bond acceptors (Lipinski definition) is 2. The summed E-state index contributed by atoms with van der Waals surface area (Å²) >= 11 is 0. The second-order valence-electron chi connectivity index (χ2n) is 2.63. The molecule has 63 valence electrons. The quantitative estimate of drug-likeness (QED) is 0.504. The molecule has 0 N–H and O–H groups in total. The van der Waals surface area contributed by atoms with Crippen molar-refractivity contribution in [3.63, 3.8) is 0 Å². The Morgan fingerprint density at radius 3 is 2.50 bits per heavy atom. The predicted molar refractivity (Wildman–Crippen MR) is 46.3 cm³/mol. The highest BCUT2D eigenvalue weighted by molar-refractivity contribution is 5.15. The number of hydrogen-bond donors (Lipinski definition) is 0. The third kappa shape index (κ3) is 2.34. The fraction of sp³-hybridized carbons (Fsp3) is 0.222. The molecule has 0 fully saturated rings. The maximum atomic E-state index is 10.2. The van der Waals surface area contributed by atoms with Gasteiger partial charge in [-0.2, -0.15) is 0 Å². The van der Waals surface area contributed by atoms with Gasteiger partial charge in [-0.15, -0.1) is 0 Å². The summed E-state index contributed by atoms with van der Waals surface area (Å²) in [5, 5.41) is 10.2. The Kier molecular flexibility index (Phi) is 2.80. The molecule has 3 heteroatoms. The lowest BCUT2D eigenvalue weighted by Crippen LogP contribution is -2.17. The van der Waals surface area contributed by atoms with Crippen molar-refractivity contribution in [2.75, 3.05) is 0 Å². The molecule has 0 spiro atoms. The highest BCUT2D eigenvalue weighted by Gasteiger charge is 2.12. The van der Waals surface area contributed by atoms with E-state index < -0.39 is 6.04 Å². The molecule has 0 amide bonds. The molecule has 1 atom stereocenters. The minimum atomic E-state index is -0.743. The van der Waals surface area contributed by atoms with Crippen LogP contribution < -0.4 is 0 Å². The van der Waals surface area contributed by atoms with Crippen molar-refractivity contribution in [3.05, 3.63) is 52.9 Å². The summed E-state index contributed by atoms with van der Waals surface area (Å²) in [4.78, 5) is 9.88. The van der Waals surface area contributed by atoms with Gasteiger partial charge in [0.2, 0.25) is 6.04 Å². The van der Waals surface area contributed by atoms with Crippen molar-refractivity contribution in [3.8, 4) is 0 Å². The molecule has 0 aliphatic heterocycles. The van der Waals surface area contributed by atoms with E-state index in [0.717, 1.165) is 5.56 Å². The van der Waals surface area contributed by atoms with E-state index in [4.69, 9.17) is 0 Å². The summed E-state index contributed by atoms with van der Waals surface area (Å²) in [5.74, 6) is 0. The van der Waals surface area contributed by atoms with Crippen LogP contribution in [0.25, 0.3) is 0 Å². The van der Waals surface area contributed by atoms with Crippen molar-refractivity contribution in [2.24, 2.45) is 0 Å². The van der Waals surface area contributed by atoms with Crippen LogP contribution in [0.15, 0.2) is 30.3 Å². The SMILES string of the molecule is [CH2]C(Cc1ccccc1)[N+](=O)[O-]. The molecule has 0 saturated carbocycles. The van der Waals surface area contributed by atoms with E-state index in [1.165, 1.54) is 0 Å². The van der Waals surface area contributed by atoms with Gasteiger partial charge in [0, 0.05) is 18.3 Å². The van der Waals surface area contributed by atoms with Crippen LogP contribution in [-0.2, 0) is 6.42 Å². The predicted octanol–water partition coefficient (Wildman–Crippen LogP) is 1.71. The van der Waals surface area contributed by atoms with Gasteiger partial charge in [-0.1, -0.05) is 30.3 Å². The van der Waals surface area contributed by atoms with Crippen LogP contribution in [0.5, 0.6) is 0 Å². The Labute approximate surface area is 71.2 Å². The Hall–Kier alpha value is -1.38. The zero-order chi connectivity index (χ0) is 8.97. The average molecular weight is 164 g/mol. The lowest BCUT2D eigenvalue weighted by Gasteiger charge is -2.02. The van der Waals surface area contributed by atoms with Crippen LogP contribution in [0.3, 0.4) is 0 Å². The summed E-state index contributed by atoms with van der Waals surface area (Å²) in [6.07, 6.45) is 0.397. The van der Waals surface area contributed by atoms with Crippen LogP contribution in [-0.4, -0.2) is 11.0 Å². The Morgan fingerprint density at radius 1 is 1.42 bits per heavy atom. The minimum Gasteiger partial charge on any atom is -0.264 e. The van der Waals surface area contributed by atoms with Crippen LogP contribution in [0.1, 0.15) is 5.56 Å². The third-order valence-corrected chi connectivity index (χ3v) is 1.61. The summed E-state index contributed by atoms with van der Waals surface area (Å²) in [5.41, 5.74) is 0.953. The third-order valence-electron chi connectivity index (χ3n) is 1.61. The standard InChI is InChI=1S/C9H10NO2/c1-8(10(11)12)7-9-5-3-2-4-6-9/h2-6,8H,1,7H2. The smallest absolute Gasteiger partial charge is 0.217 e. The van der Waals surface area contributed by atoms with Crippen LogP contribution in [0.2, 0.25) is 0 Å². The first-order valence-electron chi connectivity index (χ1n) is 3.70. The van der Waals surface area contributed by atoms with Gasteiger partial charge in [0.15, 0.2) is 0 Å². The molecular weight excluding hydrogens is 154 g/mol. The Morgan fingerprint density at radius 2 is 2.00 bits per heavy atom. The van der Waals surface area contributed by atoms with Gasteiger partial charge in [-0.25, -0.2) is 0 Å². The topological polar surface area (TPSA) is 43.1 Å². The highest BCUT2D eigenvalue weighted by Crippen LogP contribution is 2.03. The normalized spacial score (nSPS) is 12.4. The summed E-state index contributed by atoms with van der Waals surface area (Å²) < 4.78 is 0. The van der Waals surface area contributed by atoms with Gasteiger partial charge >= 0.3 is 0 Å². The Bertz CT molecular complexity index is 258. The zero-order valence-corrected chi connectivity index (χ0v) is 6.64. The fourth-order valence-corrected chi connectivity index (χ4v) is 0.961. The number of rotatable bonds is 3. The summed E-state index contributed by atoms with van der Waals surface area (Å²) in [7, 11) is 0. The maximum absolute atomic E-state index is 10.2. The molecule has 3 nitrogen and oxygen atoms in total. The number of nitrogens with zero attached hydrogens (tertiary/aromatic N) is 1. The van der Waals surface area contributed by atoms with Crippen LogP contribution in [0, 0.1) is 17.0 Å². The number of nitro groups is 1. The fourth-order valence-electron chi connectivity index (χ4n) is 0.961. The Balaban J connectivity index is 2.58. The highest BCUT2D eigenvalue weighted by atomic mass is 16.6. The molecular formula is C9H10NO2. The van der Waals surface area contributed by atoms with Gasteiger partial charge in [0.05, 0.1) is 0 Å². The summed E-state index contributed by atoms with van der Waals surface area (Å²) in [6, 6.07) is 8.59. The van der Waals surface area contributed by atoms with E-state index in [0.29, 0.717) is 6.42 Å². The first kappa shape index (κ1) is 8.71. The summed E-state index contributed by atoms with van der Waals surface area (Å²) in [6.45, 7) is 3.43. The molecule has 0 bridgehead atoms. The lowest BCUT2D eigenvalue weighted by atomic mass is 10.1. The van der Waals surface area contributed by atoms with Gasteiger partial charge in [0.1, 0.15) is 0 Å². The number of benzene rings is 1. The van der Waals surface area contributed by atoms with Crippen LogP contribution in [0.4, 0.5) is 0 Å².